The van der Waals surface area contributed by atoms with Crippen LogP contribution in [0.5, 0.6) is 0 Å². The van der Waals surface area contributed by atoms with E-state index >= 15 is 0 Å². The fourth-order valence-corrected chi connectivity index (χ4v) is 3.79. The summed E-state index contributed by atoms with van der Waals surface area (Å²) in [5.74, 6) is 1.86. The standard InChI is InChI=1S/C24H24FN7O.CH2O2/c1-32-19-7-3-2-6-17(19)30-21(32)9-12-26-13-10-22-31-23-20(33-22)8-14-28-24(23)29-15-18-16(25)5-4-11-27-18;2-1-3/h2-8,11,14,26H,9-10,12-13,15H2,1H3,(H,28,29);1H,(H,2,3). The predicted molar refractivity (Wildman–Crippen MR) is 133 cm³/mol. The highest BCUT2D eigenvalue weighted by Crippen LogP contribution is 2.22. The summed E-state index contributed by atoms with van der Waals surface area (Å²) >= 11 is 0. The molecule has 0 aliphatic rings. The molecule has 0 fully saturated rings. The van der Waals surface area contributed by atoms with Gasteiger partial charge >= 0.3 is 0 Å². The van der Waals surface area contributed by atoms with Gasteiger partial charge in [0.25, 0.3) is 6.47 Å². The van der Waals surface area contributed by atoms with Crippen molar-refractivity contribution >= 4 is 34.4 Å². The monoisotopic (exact) mass is 491 g/mol. The maximum Gasteiger partial charge on any atom is 0.290 e. The molecule has 0 amide bonds. The van der Waals surface area contributed by atoms with Crippen molar-refractivity contribution in [3.8, 4) is 0 Å². The lowest BCUT2D eigenvalue weighted by Crippen LogP contribution is -2.21. The van der Waals surface area contributed by atoms with Crippen molar-refractivity contribution in [3.05, 3.63) is 78.1 Å². The first-order valence-electron chi connectivity index (χ1n) is 11.4. The van der Waals surface area contributed by atoms with Gasteiger partial charge in [-0.2, -0.15) is 0 Å². The second-order valence-electron chi connectivity index (χ2n) is 7.83. The first-order chi connectivity index (χ1) is 17.6. The van der Waals surface area contributed by atoms with Gasteiger partial charge < -0.3 is 24.7 Å². The predicted octanol–water partition coefficient (Wildman–Crippen LogP) is 3.33. The Morgan fingerprint density at radius 1 is 1.06 bits per heavy atom. The molecule has 36 heavy (non-hydrogen) atoms. The lowest BCUT2D eigenvalue weighted by atomic mass is 10.3. The third-order valence-corrected chi connectivity index (χ3v) is 5.53. The number of carbonyl (C=O) groups is 1. The van der Waals surface area contributed by atoms with Crippen LogP contribution < -0.4 is 10.6 Å². The van der Waals surface area contributed by atoms with E-state index in [0.29, 0.717) is 34.9 Å². The lowest BCUT2D eigenvalue weighted by Gasteiger charge is -2.05. The van der Waals surface area contributed by atoms with Crippen molar-refractivity contribution in [1.29, 1.82) is 0 Å². The summed E-state index contributed by atoms with van der Waals surface area (Å²) in [6.07, 6.45) is 4.68. The van der Waals surface area contributed by atoms with Gasteiger partial charge in [-0.05, 0) is 24.3 Å². The number of benzene rings is 1. The molecule has 5 aromatic rings. The molecular weight excluding hydrogens is 465 g/mol. The van der Waals surface area contributed by atoms with Crippen LogP contribution in [-0.4, -0.2) is 49.2 Å². The summed E-state index contributed by atoms with van der Waals surface area (Å²) in [5, 5.41) is 13.4. The SMILES string of the molecule is Cn1c(CCNCCc2nc3c(NCc4ncccc4F)nccc3o2)nc2ccccc21.O=CO. The quantitative estimate of drug-likeness (QED) is 0.210. The van der Waals surface area contributed by atoms with Crippen LogP contribution in [0.25, 0.3) is 22.1 Å². The van der Waals surface area contributed by atoms with Gasteiger partial charge in [-0.15, -0.1) is 0 Å². The molecule has 0 spiro atoms. The minimum absolute atomic E-state index is 0.213. The number of aryl methyl sites for hydroxylation is 1. The van der Waals surface area contributed by atoms with Crippen molar-refractivity contribution in [3.63, 3.8) is 0 Å². The number of pyridine rings is 2. The highest BCUT2D eigenvalue weighted by molar-refractivity contribution is 5.83. The van der Waals surface area contributed by atoms with E-state index in [1.165, 1.54) is 6.07 Å². The molecule has 5 rings (SSSR count). The maximum atomic E-state index is 13.8. The van der Waals surface area contributed by atoms with Gasteiger partial charge in [0.1, 0.15) is 11.6 Å². The average molecular weight is 492 g/mol. The van der Waals surface area contributed by atoms with E-state index in [1.54, 1.807) is 24.5 Å². The first-order valence-corrected chi connectivity index (χ1v) is 11.4. The minimum Gasteiger partial charge on any atom is -0.483 e. The minimum atomic E-state index is -0.359. The Morgan fingerprint density at radius 2 is 1.86 bits per heavy atom. The number of carboxylic acid groups (broad SMARTS) is 1. The van der Waals surface area contributed by atoms with Crippen LogP contribution in [-0.2, 0) is 31.2 Å². The van der Waals surface area contributed by atoms with E-state index in [2.05, 4.69) is 36.2 Å². The molecule has 0 aliphatic heterocycles. The number of halogens is 1. The molecule has 0 radical (unpaired) electrons. The number of nitrogens with zero attached hydrogens (tertiary/aromatic N) is 5. The first kappa shape index (κ1) is 24.7. The summed E-state index contributed by atoms with van der Waals surface area (Å²) < 4.78 is 21.8. The number of rotatable bonds is 9. The molecule has 0 bridgehead atoms. The van der Waals surface area contributed by atoms with Gasteiger partial charge in [-0.3, -0.25) is 9.78 Å². The number of anilines is 1. The van der Waals surface area contributed by atoms with Gasteiger partial charge in [-0.1, -0.05) is 12.1 Å². The molecule has 0 aliphatic carbocycles. The third-order valence-electron chi connectivity index (χ3n) is 5.53. The fraction of sp³-hybridized carbons (Fsp3) is 0.240. The van der Waals surface area contributed by atoms with Crippen LogP contribution in [0.15, 0.2) is 59.3 Å². The largest absolute Gasteiger partial charge is 0.483 e. The molecule has 0 saturated carbocycles. The smallest absolute Gasteiger partial charge is 0.290 e. The molecule has 0 unspecified atom stereocenters. The Bertz CT molecular complexity index is 1450. The summed E-state index contributed by atoms with van der Waals surface area (Å²) in [4.78, 5) is 26.0. The summed E-state index contributed by atoms with van der Waals surface area (Å²) in [5.41, 5.74) is 3.75. The number of imidazole rings is 1. The molecule has 11 heteroatoms. The third kappa shape index (κ3) is 5.81. The van der Waals surface area contributed by atoms with Crippen molar-refractivity contribution in [1.82, 2.24) is 29.8 Å². The van der Waals surface area contributed by atoms with E-state index in [-0.39, 0.29) is 18.8 Å². The van der Waals surface area contributed by atoms with E-state index in [4.69, 9.17) is 19.3 Å². The normalized spacial score (nSPS) is 10.8. The van der Waals surface area contributed by atoms with Crippen molar-refractivity contribution in [2.45, 2.75) is 19.4 Å². The van der Waals surface area contributed by atoms with Crippen LogP contribution in [0.1, 0.15) is 17.4 Å². The average Bonchev–Trinajstić information content (AvgIpc) is 3.45. The van der Waals surface area contributed by atoms with Gasteiger partial charge in [-0.25, -0.2) is 19.3 Å². The van der Waals surface area contributed by atoms with Gasteiger partial charge in [0.05, 0.1) is 23.3 Å². The number of fused-ring (bicyclic) bond motifs is 2. The highest BCUT2D eigenvalue weighted by Gasteiger charge is 2.12. The molecule has 4 heterocycles. The van der Waals surface area contributed by atoms with Gasteiger partial charge in [0.2, 0.25) is 0 Å². The van der Waals surface area contributed by atoms with Crippen molar-refractivity contribution < 1.29 is 18.7 Å². The molecule has 1 aromatic carbocycles. The fourth-order valence-electron chi connectivity index (χ4n) is 3.79. The topological polar surface area (TPSA) is 131 Å². The number of hydrogen-bond acceptors (Lipinski definition) is 8. The Kier molecular flexibility index (Phi) is 8.14. The zero-order chi connectivity index (χ0) is 25.3. The van der Waals surface area contributed by atoms with Gasteiger partial charge in [0, 0.05) is 51.4 Å². The van der Waals surface area contributed by atoms with E-state index in [1.807, 2.05) is 25.2 Å². The van der Waals surface area contributed by atoms with E-state index in [0.717, 1.165) is 36.4 Å². The second kappa shape index (κ2) is 11.8. The number of aromatic nitrogens is 5. The van der Waals surface area contributed by atoms with Crippen LogP contribution in [0.2, 0.25) is 0 Å². The van der Waals surface area contributed by atoms with E-state index in [9.17, 15) is 4.39 Å². The summed E-state index contributed by atoms with van der Waals surface area (Å²) in [6.45, 7) is 1.50. The zero-order valence-electron chi connectivity index (χ0n) is 19.7. The van der Waals surface area contributed by atoms with Crippen LogP contribution >= 0.6 is 0 Å². The van der Waals surface area contributed by atoms with Gasteiger partial charge in [0.15, 0.2) is 22.8 Å². The molecule has 0 atom stereocenters. The van der Waals surface area contributed by atoms with Crippen LogP contribution in [0.3, 0.4) is 0 Å². The Labute approximate surface area is 206 Å². The van der Waals surface area contributed by atoms with E-state index < -0.39 is 0 Å². The molecule has 4 aromatic heterocycles. The molecule has 0 saturated heterocycles. The number of oxazole rings is 1. The van der Waals surface area contributed by atoms with Crippen LogP contribution in [0, 0.1) is 5.82 Å². The lowest BCUT2D eigenvalue weighted by molar-refractivity contribution is -0.122. The summed E-state index contributed by atoms with van der Waals surface area (Å²) in [7, 11) is 2.05. The Balaban J connectivity index is 0.000000967. The molecular formula is C25H26FN7O3. The zero-order valence-corrected chi connectivity index (χ0v) is 19.7. The number of para-hydroxylation sites is 2. The maximum absolute atomic E-state index is 13.8. The highest BCUT2D eigenvalue weighted by atomic mass is 19.1. The van der Waals surface area contributed by atoms with Crippen LogP contribution in [0.4, 0.5) is 10.2 Å². The number of nitrogens with one attached hydrogen (secondary N) is 2. The Hall–Kier alpha value is -4.38. The van der Waals surface area contributed by atoms with Crippen molar-refractivity contribution in [2.75, 3.05) is 18.4 Å². The second-order valence-corrected chi connectivity index (χ2v) is 7.83. The van der Waals surface area contributed by atoms with Crippen molar-refractivity contribution in [2.24, 2.45) is 7.05 Å². The molecule has 10 nitrogen and oxygen atoms in total. The Morgan fingerprint density at radius 3 is 2.67 bits per heavy atom. The molecule has 3 N–H and O–H groups in total. The molecule has 186 valence electrons. The summed E-state index contributed by atoms with van der Waals surface area (Å²) in [6, 6.07) is 12.9. The number of hydrogen-bond donors (Lipinski definition) is 3.